The number of phenolic OH excluding ortho intramolecular Hbond substituents is 1. The summed E-state index contributed by atoms with van der Waals surface area (Å²) in [6.07, 6.45) is 3.07. The predicted octanol–water partition coefficient (Wildman–Crippen LogP) is 3.43. The molecule has 1 amide bonds. The van der Waals surface area contributed by atoms with Crippen molar-refractivity contribution in [3.63, 3.8) is 0 Å². The minimum absolute atomic E-state index is 0.0280. The maximum absolute atomic E-state index is 14.3. The van der Waals surface area contributed by atoms with Crippen molar-refractivity contribution in [3.05, 3.63) is 54.1 Å². The van der Waals surface area contributed by atoms with Crippen LogP contribution in [0.3, 0.4) is 0 Å². The van der Waals surface area contributed by atoms with E-state index in [-0.39, 0.29) is 29.3 Å². The van der Waals surface area contributed by atoms with Crippen LogP contribution in [0.2, 0.25) is 5.02 Å². The molecule has 1 aliphatic heterocycles. The van der Waals surface area contributed by atoms with Gasteiger partial charge in [-0.15, -0.1) is 0 Å². The summed E-state index contributed by atoms with van der Waals surface area (Å²) >= 11 is 5.76. The monoisotopic (exact) mass is 429 g/mol. The molecule has 2 N–H and O–H groups in total. The van der Waals surface area contributed by atoms with Crippen molar-refractivity contribution < 1.29 is 19.0 Å². The van der Waals surface area contributed by atoms with Crippen LogP contribution in [0.5, 0.6) is 11.6 Å². The number of carbonyl (C=O) groups is 1. The van der Waals surface area contributed by atoms with Gasteiger partial charge in [0.15, 0.2) is 11.6 Å². The molecule has 1 atom stereocenters. The lowest BCUT2D eigenvalue weighted by molar-refractivity contribution is -0.125. The maximum atomic E-state index is 14.3. The molecule has 1 fully saturated rings. The highest BCUT2D eigenvalue weighted by Gasteiger charge is 2.26. The van der Waals surface area contributed by atoms with Crippen LogP contribution in [-0.2, 0) is 4.79 Å². The zero-order valence-corrected chi connectivity index (χ0v) is 16.4. The number of halogens is 2. The highest BCUT2D eigenvalue weighted by Crippen LogP contribution is 2.33. The van der Waals surface area contributed by atoms with Crippen LogP contribution in [0.1, 0.15) is 6.42 Å². The molecule has 154 valence electrons. The number of anilines is 2. The fourth-order valence-corrected chi connectivity index (χ4v) is 3.33. The maximum Gasteiger partial charge on any atom is 0.246 e. The average Bonchev–Trinajstić information content (AvgIpc) is 3.22. The number of phenols is 1. The van der Waals surface area contributed by atoms with Crippen molar-refractivity contribution in [3.8, 4) is 11.6 Å². The topological polar surface area (TPSA) is 100 Å². The quantitative estimate of drug-likeness (QED) is 0.473. The van der Waals surface area contributed by atoms with Gasteiger partial charge in [-0.2, -0.15) is 0 Å². The molecule has 3 aromatic rings. The molecule has 4 rings (SSSR count). The highest BCUT2D eigenvalue weighted by molar-refractivity contribution is 6.32. The number of nitrogens with zero attached hydrogens (tertiary/aromatic N) is 4. The number of amides is 1. The summed E-state index contributed by atoms with van der Waals surface area (Å²) in [6.45, 7) is 4.52. The summed E-state index contributed by atoms with van der Waals surface area (Å²) in [6, 6.07) is 6.01. The number of hydrogen-bond donors (Lipinski definition) is 2. The Labute approximate surface area is 176 Å². The van der Waals surface area contributed by atoms with Crippen LogP contribution in [0.25, 0.3) is 11.0 Å². The number of hydrogen-bond acceptors (Lipinski definition) is 7. The number of aromatic hydroxyl groups is 1. The van der Waals surface area contributed by atoms with E-state index >= 15 is 0 Å². The smallest absolute Gasteiger partial charge is 0.246 e. The van der Waals surface area contributed by atoms with E-state index < -0.39 is 10.8 Å². The van der Waals surface area contributed by atoms with Gasteiger partial charge in [0.2, 0.25) is 11.8 Å². The van der Waals surface area contributed by atoms with Crippen molar-refractivity contribution in [1.29, 1.82) is 0 Å². The number of aromatic nitrogens is 3. The predicted molar refractivity (Wildman–Crippen MR) is 110 cm³/mol. The van der Waals surface area contributed by atoms with E-state index in [0.29, 0.717) is 36.4 Å². The molecular formula is C20H17ClFN5O3. The Hall–Kier alpha value is -3.46. The molecule has 1 saturated heterocycles. The van der Waals surface area contributed by atoms with Crippen LogP contribution in [0.4, 0.5) is 15.9 Å². The van der Waals surface area contributed by atoms with Crippen LogP contribution < -0.4 is 10.1 Å². The number of pyridine rings is 1. The third kappa shape index (κ3) is 3.84. The third-order valence-electron chi connectivity index (χ3n) is 4.69. The van der Waals surface area contributed by atoms with Gasteiger partial charge >= 0.3 is 0 Å². The molecule has 0 aliphatic carbocycles. The molecule has 8 nitrogen and oxygen atoms in total. The third-order valence-corrected chi connectivity index (χ3v) is 5.05. The summed E-state index contributed by atoms with van der Waals surface area (Å²) in [5.41, 5.74) is 0.927. The Morgan fingerprint density at radius 2 is 2.20 bits per heavy atom. The average molecular weight is 430 g/mol. The normalized spacial score (nSPS) is 15.9. The van der Waals surface area contributed by atoms with Crippen molar-refractivity contribution in [2.24, 2.45) is 0 Å². The SMILES string of the molecule is C=CC(=O)N1CCC(Oc2ccc3ncnc(Nc4ccc(O)c(Cl)c4F)c3n2)C1. The van der Waals surface area contributed by atoms with Gasteiger partial charge in [0.05, 0.1) is 17.7 Å². The lowest BCUT2D eigenvalue weighted by atomic mass is 10.2. The Balaban J connectivity index is 1.59. The van der Waals surface area contributed by atoms with E-state index in [9.17, 15) is 14.3 Å². The molecule has 1 aromatic carbocycles. The molecule has 0 radical (unpaired) electrons. The molecule has 3 heterocycles. The first-order valence-electron chi connectivity index (χ1n) is 9.10. The van der Waals surface area contributed by atoms with Crippen LogP contribution in [0.15, 0.2) is 43.2 Å². The number of ether oxygens (including phenoxy) is 1. The summed E-state index contributed by atoms with van der Waals surface area (Å²) in [4.78, 5) is 26.2. The Morgan fingerprint density at radius 1 is 1.37 bits per heavy atom. The molecule has 0 bridgehead atoms. The second kappa shape index (κ2) is 8.11. The molecule has 0 spiro atoms. The van der Waals surface area contributed by atoms with Gasteiger partial charge in [0, 0.05) is 19.0 Å². The first-order valence-corrected chi connectivity index (χ1v) is 9.48. The number of rotatable bonds is 5. The second-order valence-electron chi connectivity index (χ2n) is 6.64. The van der Waals surface area contributed by atoms with Crippen LogP contribution in [0, 0.1) is 5.82 Å². The van der Waals surface area contributed by atoms with E-state index in [2.05, 4.69) is 26.8 Å². The van der Waals surface area contributed by atoms with Crippen molar-refractivity contribution >= 4 is 40.0 Å². The van der Waals surface area contributed by atoms with Gasteiger partial charge < -0.3 is 20.1 Å². The molecule has 1 unspecified atom stereocenters. The van der Waals surface area contributed by atoms with Gasteiger partial charge in [-0.3, -0.25) is 4.79 Å². The first-order chi connectivity index (χ1) is 14.5. The molecular weight excluding hydrogens is 413 g/mol. The Bertz CT molecular complexity index is 1140. The standard InChI is InChI=1S/C20H17ClFN5O3/c1-2-16(29)27-8-7-11(9-27)30-15-6-4-13-19(26-15)20(24-10-23-13)25-12-3-5-14(28)17(21)18(12)22/h2-6,10-11,28H,1,7-9H2,(H,23,24,25). The van der Waals surface area contributed by atoms with Gasteiger partial charge in [0.1, 0.15) is 28.7 Å². The van der Waals surface area contributed by atoms with E-state index in [4.69, 9.17) is 16.3 Å². The van der Waals surface area contributed by atoms with Gasteiger partial charge in [0.25, 0.3) is 0 Å². The number of likely N-dealkylation sites (tertiary alicyclic amines) is 1. The van der Waals surface area contributed by atoms with Gasteiger partial charge in [-0.1, -0.05) is 18.2 Å². The fraction of sp³-hybridized carbons (Fsp3) is 0.200. The zero-order valence-electron chi connectivity index (χ0n) is 15.7. The van der Waals surface area contributed by atoms with Crippen LogP contribution >= 0.6 is 11.6 Å². The van der Waals surface area contributed by atoms with Crippen LogP contribution in [-0.4, -0.2) is 50.1 Å². The van der Waals surface area contributed by atoms with Crippen molar-refractivity contribution in [2.45, 2.75) is 12.5 Å². The molecule has 1 aliphatic rings. The van der Waals surface area contributed by atoms with E-state index in [1.54, 1.807) is 17.0 Å². The Morgan fingerprint density at radius 3 is 3.00 bits per heavy atom. The number of benzene rings is 1. The molecule has 10 heteroatoms. The van der Waals surface area contributed by atoms with Crippen molar-refractivity contribution in [1.82, 2.24) is 19.9 Å². The lowest BCUT2D eigenvalue weighted by Crippen LogP contribution is -2.29. The van der Waals surface area contributed by atoms with Crippen molar-refractivity contribution in [2.75, 3.05) is 18.4 Å². The Kier molecular flexibility index (Phi) is 5.37. The van der Waals surface area contributed by atoms with Gasteiger partial charge in [-0.05, 0) is 24.3 Å². The minimum Gasteiger partial charge on any atom is -0.506 e. The van der Waals surface area contributed by atoms with E-state index in [1.807, 2.05) is 0 Å². The zero-order chi connectivity index (χ0) is 21.3. The fourth-order valence-electron chi connectivity index (χ4n) is 3.17. The summed E-state index contributed by atoms with van der Waals surface area (Å²) in [7, 11) is 0. The van der Waals surface area contributed by atoms with E-state index in [1.165, 1.54) is 24.5 Å². The summed E-state index contributed by atoms with van der Waals surface area (Å²) < 4.78 is 20.3. The molecule has 0 saturated carbocycles. The molecule has 30 heavy (non-hydrogen) atoms. The molecule has 2 aromatic heterocycles. The second-order valence-corrected chi connectivity index (χ2v) is 7.02. The first kappa shape index (κ1) is 19.8. The minimum atomic E-state index is -0.811. The highest BCUT2D eigenvalue weighted by atomic mass is 35.5. The lowest BCUT2D eigenvalue weighted by Gasteiger charge is -2.15. The largest absolute Gasteiger partial charge is 0.506 e. The summed E-state index contributed by atoms with van der Waals surface area (Å²) in [5, 5.41) is 12.0. The number of fused-ring (bicyclic) bond motifs is 1. The van der Waals surface area contributed by atoms with E-state index in [0.717, 1.165) is 0 Å². The number of carbonyl (C=O) groups excluding carboxylic acids is 1. The number of nitrogens with one attached hydrogen (secondary N) is 1. The summed E-state index contributed by atoms with van der Waals surface area (Å²) in [5.74, 6) is -0.721. The van der Waals surface area contributed by atoms with Gasteiger partial charge in [-0.25, -0.2) is 19.3 Å².